The smallest absolute Gasteiger partial charge is 0.417 e. The summed E-state index contributed by atoms with van der Waals surface area (Å²) < 4.78 is 88.7. The van der Waals surface area contributed by atoms with Crippen LogP contribution in [0.1, 0.15) is 35.6 Å². The number of hydrogen-bond acceptors (Lipinski definition) is 4. The predicted octanol–water partition coefficient (Wildman–Crippen LogP) is 5.83. The molecule has 0 aliphatic rings. The Morgan fingerprint density at radius 1 is 1.00 bits per heavy atom. The summed E-state index contributed by atoms with van der Waals surface area (Å²) in [5, 5.41) is 15.8. The number of ether oxygens (including phenoxy) is 2. The molecule has 0 unspecified atom stereocenters. The van der Waals surface area contributed by atoms with Crippen molar-refractivity contribution in [1.29, 1.82) is 10.7 Å². The molecule has 0 saturated heterocycles. The van der Waals surface area contributed by atoms with Crippen molar-refractivity contribution in [2.24, 2.45) is 0 Å². The van der Waals surface area contributed by atoms with Crippen molar-refractivity contribution in [1.82, 2.24) is 0 Å². The van der Waals surface area contributed by atoms with E-state index in [1.54, 1.807) is 6.92 Å². The molecule has 2 rings (SSSR count). The second-order valence-corrected chi connectivity index (χ2v) is 6.27. The molecule has 10 heteroatoms. The molecule has 0 spiro atoms. The van der Waals surface area contributed by atoms with E-state index in [0.29, 0.717) is 6.21 Å². The van der Waals surface area contributed by atoms with Crippen LogP contribution in [-0.4, -0.2) is 18.9 Å². The molecule has 0 aliphatic heterocycles. The molecule has 2 aromatic carbocycles. The third-order valence-electron chi connectivity index (χ3n) is 4.03. The van der Waals surface area contributed by atoms with Crippen LogP contribution in [0.25, 0.3) is 0 Å². The summed E-state index contributed by atoms with van der Waals surface area (Å²) in [6.07, 6.45) is -9.20. The normalized spacial score (nSPS) is 12.7. The van der Waals surface area contributed by atoms with Gasteiger partial charge in [-0.05, 0) is 43.3 Å². The molecule has 0 heterocycles. The highest BCUT2D eigenvalue weighted by Gasteiger charge is 2.34. The second-order valence-electron chi connectivity index (χ2n) is 6.27. The molecule has 0 bridgehead atoms. The summed E-state index contributed by atoms with van der Waals surface area (Å²) in [6, 6.07) is 7.61. The van der Waals surface area contributed by atoms with Crippen molar-refractivity contribution in [2.75, 3.05) is 6.61 Å². The quantitative estimate of drug-likeness (QED) is 0.444. The molecule has 0 saturated carbocycles. The average Bonchev–Trinajstić information content (AvgIpc) is 2.66. The van der Waals surface area contributed by atoms with Crippen molar-refractivity contribution in [3.05, 3.63) is 58.7 Å². The maximum Gasteiger partial charge on any atom is 0.417 e. The Morgan fingerprint density at radius 3 is 2.17 bits per heavy atom. The maximum absolute atomic E-state index is 13.0. The first kappa shape index (κ1) is 23.1. The van der Waals surface area contributed by atoms with E-state index >= 15 is 0 Å². The lowest BCUT2D eigenvalue weighted by atomic mass is 10.1. The number of benzene rings is 2. The van der Waals surface area contributed by atoms with Crippen LogP contribution in [0.5, 0.6) is 11.5 Å². The molecule has 0 fully saturated rings. The van der Waals surface area contributed by atoms with E-state index in [0.717, 1.165) is 24.3 Å². The van der Waals surface area contributed by atoms with E-state index in [4.69, 9.17) is 20.1 Å². The van der Waals surface area contributed by atoms with Crippen LogP contribution in [0.3, 0.4) is 0 Å². The van der Waals surface area contributed by atoms with Gasteiger partial charge in [-0.15, -0.1) is 0 Å². The topological polar surface area (TPSA) is 66.1 Å². The van der Waals surface area contributed by atoms with E-state index in [2.05, 4.69) is 0 Å². The molecule has 0 aromatic heterocycles. The molecule has 4 nitrogen and oxygen atoms in total. The van der Waals surface area contributed by atoms with Gasteiger partial charge < -0.3 is 14.9 Å². The zero-order valence-electron chi connectivity index (χ0n) is 15.6. The molecule has 0 amide bonds. The molecule has 0 radical (unpaired) electrons. The molecular weight excluding hydrogens is 414 g/mol. The first-order valence-electron chi connectivity index (χ1n) is 8.58. The minimum absolute atomic E-state index is 0.0508. The summed E-state index contributed by atoms with van der Waals surface area (Å²) in [5.41, 5.74) is -2.94. The first-order chi connectivity index (χ1) is 14.0. The van der Waals surface area contributed by atoms with Gasteiger partial charge in [0.1, 0.15) is 11.5 Å². The van der Waals surface area contributed by atoms with Crippen molar-refractivity contribution < 1.29 is 35.8 Å². The van der Waals surface area contributed by atoms with Crippen LogP contribution in [0.15, 0.2) is 36.4 Å². The lowest BCUT2D eigenvalue weighted by Gasteiger charge is -2.17. The largest absolute Gasteiger partial charge is 0.493 e. The maximum atomic E-state index is 13.0. The average molecular weight is 430 g/mol. The zero-order valence-corrected chi connectivity index (χ0v) is 15.6. The van der Waals surface area contributed by atoms with Crippen LogP contribution in [0.4, 0.5) is 26.3 Å². The Hall–Kier alpha value is -3.22. The number of hydrogen-bond donors (Lipinski definition) is 1. The number of nitrogens with zero attached hydrogens (tertiary/aromatic N) is 1. The standard InChI is InChI=1S/C20H16F6N2O2/c1-12(30-16-5-3-14(11-28)18(9-16)20(24,25)26)6-7-29-15-4-2-13(10-27)17(8-15)19(21,22)23/h2-5,8-10,12,27H,6-7H2,1H3/t12-/m0/s1. The van der Waals surface area contributed by atoms with Crippen LogP contribution in [0.2, 0.25) is 0 Å². The number of alkyl halides is 6. The van der Waals surface area contributed by atoms with E-state index < -0.39 is 35.1 Å². The summed E-state index contributed by atoms with van der Waals surface area (Å²) in [4.78, 5) is 0. The highest BCUT2D eigenvalue weighted by Crippen LogP contribution is 2.35. The number of rotatable bonds is 7. The lowest BCUT2D eigenvalue weighted by molar-refractivity contribution is -0.138. The highest BCUT2D eigenvalue weighted by molar-refractivity contribution is 5.80. The van der Waals surface area contributed by atoms with Crippen molar-refractivity contribution in [2.45, 2.75) is 31.8 Å². The van der Waals surface area contributed by atoms with Crippen LogP contribution < -0.4 is 9.47 Å². The van der Waals surface area contributed by atoms with E-state index in [1.165, 1.54) is 18.2 Å². The van der Waals surface area contributed by atoms with Crippen molar-refractivity contribution >= 4 is 6.21 Å². The zero-order chi connectivity index (χ0) is 22.5. The van der Waals surface area contributed by atoms with Gasteiger partial charge in [0, 0.05) is 18.2 Å². The van der Waals surface area contributed by atoms with Crippen LogP contribution in [0, 0.1) is 16.7 Å². The molecule has 1 atom stereocenters. The minimum atomic E-state index is -4.71. The fourth-order valence-corrected chi connectivity index (χ4v) is 2.56. The van der Waals surface area contributed by atoms with Gasteiger partial charge in [0.05, 0.1) is 35.5 Å². The van der Waals surface area contributed by atoms with Crippen LogP contribution in [-0.2, 0) is 12.4 Å². The monoisotopic (exact) mass is 430 g/mol. The SMILES string of the molecule is C[C@@H](CCOc1ccc(C=N)c(C(F)(F)F)c1)Oc1ccc(C#N)c(C(F)(F)F)c1. The highest BCUT2D eigenvalue weighted by atomic mass is 19.4. The summed E-state index contributed by atoms with van der Waals surface area (Å²) in [6.45, 7) is 1.51. The number of halogens is 6. The molecule has 30 heavy (non-hydrogen) atoms. The van der Waals surface area contributed by atoms with Gasteiger partial charge in [0.15, 0.2) is 0 Å². The molecule has 0 aliphatic carbocycles. The van der Waals surface area contributed by atoms with E-state index in [-0.39, 0.29) is 30.1 Å². The fourth-order valence-electron chi connectivity index (χ4n) is 2.56. The van der Waals surface area contributed by atoms with Crippen molar-refractivity contribution in [3.63, 3.8) is 0 Å². The fraction of sp³-hybridized carbons (Fsp3) is 0.300. The Bertz CT molecular complexity index is 948. The van der Waals surface area contributed by atoms with Crippen molar-refractivity contribution in [3.8, 4) is 17.6 Å². The van der Waals surface area contributed by atoms with Gasteiger partial charge in [-0.2, -0.15) is 31.6 Å². The Kier molecular flexibility index (Phi) is 6.97. The Morgan fingerprint density at radius 2 is 1.60 bits per heavy atom. The molecule has 1 N–H and O–H groups in total. The number of nitrogens with one attached hydrogen (secondary N) is 1. The van der Waals surface area contributed by atoms with Gasteiger partial charge in [-0.25, -0.2) is 0 Å². The second kappa shape index (κ2) is 9.07. The summed E-state index contributed by atoms with van der Waals surface area (Å²) >= 11 is 0. The summed E-state index contributed by atoms with van der Waals surface area (Å²) in [7, 11) is 0. The third kappa shape index (κ3) is 5.89. The van der Waals surface area contributed by atoms with E-state index in [1.807, 2.05) is 0 Å². The first-order valence-corrected chi connectivity index (χ1v) is 8.58. The lowest BCUT2D eigenvalue weighted by Crippen LogP contribution is -2.17. The van der Waals surface area contributed by atoms with Gasteiger partial charge in [-0.3, -0.25) is 0 Å². The molecule has 160 valence electrons. The number of nitriles is 1. The van der Waals surface area contributed by atoms with Crippen LogP contribution >= 0.6 is 0 Å². The summed E-state index contributed by atoms with van der Waals surface area (Å²) in [5.74, 6) is -0.152. The third-order valence-corrected chi connectivity index (χ3v) is 4.03. The van der Waals surface area contributed by atoms with Gasteiger partial charge >= 0.3 is 12.4 Å². The van der Waals surface area contributed by atoms with Gasteiger partial charge in [0.25, 0.3) is 0 Å². The molecule has 2 aromatic rings. The van der Waals surface area contributed by atoms with Gasteiger partial charge in [0.2, 0.25) is 0 Å². The predicted molar refractivity (Wildman–Crippen MR) is 95.7 cm³/mol. The Labute approximate surface area is 168 Å². The Balaban J connectivity index is 2.00. The minimum Gasteiger partial charge on any atom is -0.493 e. The molecular formula is C20H16F6N2O2. The van der Waals surface area contributed by atoms with Gasteiger partial charge in [-0.1, -0.05) is 0 Å². The van der Waals surface area contributed by atoms with E-state index in [9.17, 15) is 26.3 Å².